The van der Waals surface area contributed by atoms with Crippen LogP contribution in [0.5, 0.6) is 0 Å². The van der Waals surface area contributed by atoms with Gasteiger partial charge >= 0.3 is 0 Å². The minimum atomic E-state index is -0.325. The molecule has 0 radical (unpaired) electrons. The summed E-state index contributed by atoms with van der Waals surface area (Å²) in [5.41, 5.74) is 3.45. The van der Waals surface area contributed by atoms with Gasteiger partial charge in [0.15, 0.2) is 0 Å². The highest BCUT2D eigenvalue weighted by Crippen LogP contribution is 2.17. The molecule has 2 aromatic rings. The van der Waals surface area contributed by atoms with E-state index in [4.69, 9.17) is 11.6 Å². The van der Waals surface area contributed by atoms with Gasteiger partial charge in [0, 0.05) is 11.6 Å². The van der Waals surface area contributed by atoms with Crippen LogP contribution in [-0.2, 0) is 13.0 Å². The fourth-order valence-corrected chi connectivity index (χ4v) is 2.42. The molecule has 1 atom stereocenters. The lowest BCUT2D eigenvalue weighted by Gasteiger charge is -2.12. The average Bonchev–Trinajstić information content (AvgIpc) is 2.49. The molecule has 0 bridgehead atoms. The van der Waals surface area contributed by atoms with Crippen LogP contribution in [0.25, 0.3) is 0 Å². The zero-order valence-electron chi connectivity index (χ0n) is 12.3. The van der Waals surface area contributed by atoms with E-state index in [1.54, 1.807) is 0 Å². The number of aryl methyl sites for hydroxylation is 1. The van der Waals surface area contributed by atoms with Crippen LogP contribution in [0.4, 0.5) is 0 Å². The molecule has 0 aliphatic carbocycles. The van der Waals surface area contributed by atoms with E-state index < -0.39 is 0 Å². The fourth-order valence-electron chi connectivity index (χ4n) is 2.31. The number of rotatable bonds is 7. The Labute approximate surface area is 131 Å². The van der Waals surface area contributed by atoms with Gasteiger partial charge in [-0.2, -0.15) is 0 Å². The molecule has 2 nitrogen and oxygen atoms in total. The summed E-state index contributed by atoms with van der Waals surface area (Å²) in [5.74, 6) is 0. The first-order valence-electron chi connectivity index (χ1n) is 7.33. The van der Waals surface area contributed by atoms with Gasteiger partial charge in [0.1, 0.15) is 0 Å². The third-order valence-electron chi connectivity index (χ3n) is 3.52. The van der Waals surface area contributed by atoms with Gasteiger partial charge in [-0.3, -0.25) is 0 Å². The van der Waals surface area contributed by atoms with E-state index in [0.717, 1.165) is 35.7 Å². The first-order chi connectivity index (χ1) is 10.1. The van der Waals surface area contributed by atoms with Crippen LogP contribution in [-0.4, -0.2) is 17.8 Å². The van der Waals surface area contributed by atoms with Crippen LogP contribution >= 0.6 is 11.6 Å². The maximum Gasteiger partial charge on any atom is 0.0592 e. The largest absolute Gasteiger partial charge is 0.393 e. The highest BCUT2D eigenvalue weighted by Gasteiger charge is 2.06. The molecule has 0 saturated carbocycles. The molecule has 2 aromatic carbocycles. The monoisotopic (exact) mass is 303 g/mol. The Morgan fingerprint density at radius 3 is 2.57 bits per heavy atom. The molecular weight excluding hydrogens is 282 g/mol. The third kappa shape index (κ3) is 5.50. The van der Waals surface area contributed by atoms with Crippen LogP contribution < -0.4 is 5.32 Å². The zero-order valence-corrected chi connectivity index (χ0v) is 13.1. The number of nitrogens with one attached hydrogen (secondary N) is 1. The second-order valence-electron chi connectivity index (χ2n) is 5.39. The van der Waals surface area contributed by atoms with Crippen molar-refractivity contribution >= 4 is 11.6 Å². The van der Waals surface area contributed by atoms with E-state index in [1.165, 1.54) is 5.56 Å². The first kappa shape index (κ1) is 16.0. The van der Waals surface area contributed by atoms with Crippen molar-refractivity contribution in [3.63, 3.8) is 0 Å². The summed E-state index contributed by atoms with van der Waals surface area (Å²) < 4.78 is 0. The molecule has 0 saturated heterocycles. The lowest BCUT2D eigenvalue weighted by Crippen LogP contribution is -2.21. The quantitative estimate of drug-likeness (QED) is 0.764. The maximum absolute atomic E-state index is 10.1. The van der Waals surface area contributed by atoms with Crippen molar-refractivity contribution in [1.29, 1.82) is 0 Å². The van der Waals surface area contributed by atoms with Gasteiger partial charge in [0.25, 0.3) is 0 Å². The molecule has 0 aliphatic heterocycles. The summed E-state index contributed by atoms with van der Waals surface area (Å²) in [7, 11) is 0. The number of hydrogen-bond acceptors (Lipinski definition) is 2. The highest BCUT2D eigenvalue weighted by atomic mass is 35.5. The Balaban J connectivity index is 1.70. The summed E-state index contributed by atoms with van der Waals surface area (Å²) >= 11 is 6.01. The molecule has 0 spiro atoms. The Hall–Kier alpha value is -1.35. The number of aliphatic hydroxyl groups excluding tert-OH is 1. The van der Waals surface area contributed by atoms with Crippen LogP contribution in [0.15, 0.2) is 48.5 Å². The number of halogens is 1. The van der Waals surface area contributed by atoms with Crippen LogP contribution in [0.3, 0.4) is 0 Å². The lowest BCUT2D eigenvalue weighted by atomic mass is 10.0. The van der Waals surface area contributed by atoms with E-state index >= 15 is 0 Å². The molecule has 112 valence electrons. The minimum Gasteiger partial charge on any atom is -0.393 e. The number of aliphatic hydroxyl groups is 1. The zero-order chi connectivity index (χ0) is 15.1. The molecule has 0 fully saturated rings. The maximum atomic E-state index is 10.1. The van der Waals surface area contributed by atoms with Crippen molar-refractivity contribution in [2.24, 2.45) is 0 Å². The van der Waals surface area contributed by atoms with Crippen molar-refractivity contribution < 1.29 is 5.11 Å². The Bertz CT molecular complexity index is 556. The van der Waals surface area contributed by atoms with Crippen molar-refractivity contribution in [3.05, 3.63) is 70.2 Å². The smallest absolute Gasteiger partial charge is 0.0592 e. The Morgan fingerprint density at radius 1 is 1.10 bits per heavy atom. The second kappa shape index (κ2) is 8.18. The summed E-state index contributed by atoms with van der Waals surface area (Å²) in [5, 5.41) is 14.2. The standard InChI is InChI=1S/C18H22ClNO/c1-14-11-16(7-8-18(14)19)12-17(21)9-10-20-13-15-5-3-2-4-6-15/h2-8,11,17,20-21H,9-10,12-13H2,1H3. The van der Waals surface area contributed by atoms with E-state index in [-0.39, 0.29) is 6.10 Å². The Kier molecular flexibility index (Phi) is 6.24. The van der Waals surface area contributed by atoms with Gasteiger partial charge in [0.05, 0.1) is 6.10 Å². The molecule has 0 aliphatic rings. The van der Waals surface area contributed by atoms with Crippen LogP contribution in [0, 0.1) is 6.92 Å². The molecule has 0 heterocycles. The molecule has 2 N–H and O–H groups in total. The first-order valence-corrected chi connectivity index (χ1v) is 7.70. The average molecular weight is 304 g/mol. The van der Waals surface area contributed by atoms with Gasteiger partial charge in [-0.15, -0.1) is 0 Å². The van der Waals surface area contributed by atoms with E-state index in [0.29, 0.717) is 6.42 Å². The summed E-state index contributed by atoms with van der Waals surface area (Å²) in [6.45, 7) is 3.63. The Morgan fingerprint density at radius 2 is 1.86 bits per heavy atom. The van der Waals surface area contributed by atoms with Gasteiger partial charge in [-0.05, 0) is 49.1 Å². The molecule has 0 aromatic heterocycles. The molecule has 0 amide bonds. The minimum absolute atomic E-state index is 0.325. The molecular formula is C18H22ClNO. The number of hydrogen-bond donors (Lipinski definition) is 2. The summed E-state index contributed by atoms with van der Waals surface area (Å²) in [6.07, 6.45) is 1.09. The van der Waals surface area contributed by atoms with Crippen molar-refractivity contribution in [2.45, 2.75) is 32.4 Å². The van der Waals surface area contributed by atoms with E-state index in [9.17, 15) is 5.11 Å². The van der Waals surface area contributed by atoms with Crippen molar-refractivity contribution in [3.8, 4) is 0 Å². The fraction of sp³-hybridized carbons (Fsp3) is 0.333. The van der Waals surface area contributed by atoms with Crippen LogP contribution in [0.1, 0.15) is 23.1 Å². The predicted octanol–water partition coefficient (Wildman–Crippen LogP) is 3.73. The molecule has 3 heteroatoms. The highest BCUT2D eigenvalue weighted by molar-refractivity contribution is 6.31. The SMILES string of the molecule is Cc1cc(CC(O)CCNCc2ccccc2)ccc1Cl. The predicted molar refractivity (Wildman–Crippen MR) is 88.7 cm³/mol. The molecule has 1 unspecified atom stereocenters. The van der Waals surface area contributed by atoms with E-state index in [2.05, 4.69) is 17.4 Å². The van der Waals surface area contributed by atoms with Gasteiger partial charge in [0.2, 0.25) is 0 Å². The number of benzene rings is 2. The van der Waals surface area contributed by atoms with Gasteiger partial charge in [-0.25, -0.2) is 0 Å². The summed E-state index contributed by atoms with van der Waals surface area (Å²) in [4.78, 5) is 0. The summed E-state index contributed by atoms with van der Waals surface area (Å²) in [6, 6.07) is 16.2. The van der Waals surface area contributed by atoms with Gasteiger partial charge < -0.3 is 10.4 Å². The molecule has 21 heavy (non-hydrogen) atoms. The normalized spacial score (nSPS) is 12.3. The van der Waals surface area contributed by atoms with E-state index in [1.807, 2.05) is 43.3 Å². The van der Waals surface area contributed by atoms with Crippen molar-refractivity contribution in [1.82, 2.24) is 5.32 Å². The van der Waals surface area contributed by atoms with Crippen LogP contribution in [0.2, 0.25) is 5.02 Å². The van der Waals surface area contributed by atoms with Crippen molar-refractivity contribution in [2.75, 3.05) is 6.54 Å². The van der Waals surface area contributed by atoms with Gasteiger partial charge in [-0.1, -0.05) is 54.1 Å². The topological polar surface area (TPSA) is 32.3 Å². The second-order valence-corrected chi connectivity index (χ2v) is 5.80. The third-order valence-corrected chi connectivity index (χ3v) is 3.94. The molecule has 2 rings (SSSR count). The lowest BCUT2D eigenvalue weighted by molar-refractivity contribution is 0.164.